The molecule has 3 aromatic heterocycles. The first-order valence-electron chi connectivity index (χ1n) is 7.68. The molecule has 0 saturated carbocycles. The molecule has 0 aliphatic rings. The van der Waals surface area contributed by atoms with Crippen molar-refractivity contribution in [3.05, 3.63) is 76.2 Å². The van der Waals surface area contributed by atoms with E-state index in [1.165, 1.54) is 11.3 Å². The molecule has 0 radical (unpaired) electrons. The lowest BCUT2D eigenvalue weighted by Gasteiger charge is -2.05. The smallest absolute Gasteiger partial charge is 0.338 e. The monoisotopic (exact) mass is 429 g/mol. The normalized spacial score (nSPS) is 10.8. The summed E-state index contributed by atoms with van der Waals surface area (Å²) in [5.74, 6) is 0.215. The molecule has 0 spiro atoms. The fraction of sp³-hybridized carbons (Fsp3) is 0.0556. The number of rotatable bonds is 5. The Morgan fingerprint density at radius 1 is 1.12 bits per heavy atom. The average molecular weight is 430 g/mol. The summed E-state index contributed by atoms with van der Waals surface area (Å²) in [4.78, 5) is 13.0. The van der Waals surface area contributed by atoms with E-state index in [4.69, 9.17) is 9.15 Å². The molecule has 1 aromatic carbocycles. The predicted octanol–water partition coefficient (Wildman–Crippen LogP) is 4.71. The van der Waals surface area contributed by atoms with Crippen LogP contribution in [-0.2, 0) is 11.3 Å². The summed E-state index contributed by atoms with van der Waals surface area (Å²) in [6.45, 7) is -0.0717. The number of carbonyl (C=O) groups is 1. The van der Waals surface area contributed by atoms with E-state index < -0.39 is 5.97 Å². The van der Waals surface area contributed by atoms with E-state index in [9.17, 15) is 4.79 Å². The summed E-state index contributed by atoms with van der Waals surface area (Å²) in [5, 5.41) is 7.88. The number of nitrogens with zero attached hydrogens (tertiary/aromatic N) is 3. The van der Waals surface area contributed by atoms with Crippen LogP contribution in [0.4, 0.5) is 0 Å². The van der Waals surface area contributed by atoms with Gasteiger partial charge in [-0.3, -0.25) is 0 Å². The summed E-state index contributed by atoms with van der Waals surface area (Å²) in [5.41, 5.74) is 1.43. The van der Waals surface area contributed by atoms with Crippen LogP contribution in [0.25, 0.3) is 16.5 Å². The van der Waals surface area contributed by atoms with E-state index in [1.54, 1.807) is 12.1 Å². The minimum absolute atomic E-state index is 0.0717. The molecule has 8 heteroatoms. The Kier molecular flexibility index (Phi) is 4.68. The number of esters is 1. The molecule has 0 N–H and O–H groups in total. The lowest BCUT2D eigenvalue weighted by atomic mass is 10.2. The summed E-state index contributed by atoms with van der Waals surface area (Å²) in [6.07, 6.45) is 3.87. The highest BCUT2D eigenvalue weighted by atomic mass is 79.9. The molecule has 4 rings (SSSR count). The summed E-state index contributed by atoms with van der Waals surface area (Å²) in [7, 11) is 0. The van der Waals surface area contributed by atoms with E-state index in [0.29, 0.717) is 11.5 Å². The van der Waals surface area contributed by atoms with E-state index in [2.05, 4.69) is 26.1 Å². The van der Waals surface area contributed by atoms with Crippen molar-refractivity contribution in [2.45, 2.75) is 6.61 Å². The van der Waals surface area contributed by atoms with Crippen LogP contribution in [0, 0.1) is 0 Å². The van der Waals surface area contributed by atoms with Gasteiger partial charge in [0, 0.05) is 18.1 Å². The topological polar surface area (TPSA) is 70.2 Å². The zero-order chi connectivity index (χ0) is 17.9. The highest BCUT2D eigenvalue weighted by Crippen LogP contribution is 2.30. The average Bonchev–Trinajstić information content (AvgIpc) is 3.41. The van der Waals surface area contributed by atoms with Crippen molar-refractivity contribution in [2.75, 3.05) is 0 Å². The van der Waals surface area contributed by atoms with Crippen molar-refractivity contribution in [2.24, 2.45) is 0 Å². The Hall–Kier alpha value is -2.71. The molecular weight excluding hydrogens is 418 g/mol. The first-order valence-corrected chi connectivity index (χ1v) is 9.28. The SMILES string of the molecule is O=C(OCc1nnc(-c2ccc(Br)s2)o1)c1ccc(-n2cccc2)cc1. The Morgan fingerprint density at radius 3 is 2.58 bits per heavy atom. The van der Waals surface area contributed by atoms with E-state index in [1.807, 2.05) is 53.4 Å². The second kappa shape index (κ2) is 7.27. The number of ether oxygens (including phenoxy) is 1. The lowest BCUT2D eigenvalue weighted by molar-refractivity contribution is 0.0438. The van der Waals surface area contributed by atoms with Gasteiger partial charge in [-0.1, -0.05) is 0 Å². The van der Waals surface area contributed by atoms with Crippen molar-refractivity contribution in [3.63, 3.8) is 0 Å². The molecule has 0 unspecified atom stereocenters. The third-order valence-electron chi connectivity index (χ3n) is 3.58. The molecule has 4 aromatic rings. The Balaban J connectivity index is 1.39. The third-order valence-corrected chi connectivity index (χ3v) is 5.19. The van der Waals surface area contributed by atoms with Gasteiger partial charge in [0.05, 0.1) is 14.2 Å². The summed E-state index contributed by atoms with van der Waals surface area (Å²) in [6, 6.07) is 14.8. The molecule has 6 nitrogen and oxygen atoms in total. The first-order chi connectivity index (χ1) is 12.7. The van der Waals surface area contributed by atoms with Crippen molar-refractivity contribution >= 4 is 33.2 Å². The van der Waals surface area contributed by atoms with E-state index >= 15 is 0 Å². The van der Waals surface area contributed by atoms with Gasteiger partial charge in [0.2, 0.25) is 0 Å². The van der Waals surface area contributed by atoms with Crippen LogP contribution in [0.15, 0.2) is 69.1 Å². The van der Waals surface area contributed by atoms with E-state index in [0.717, 1.165) is 14.4 Å². The quantitative estimate of drug-likeness (QED) is 0.429. The van der Waals surface area contributed by atoms with Crippen molar-refractivity contribution in [1.82, 2.24) is 14.8 Å². The Bertz CT molecular complexity index is 1020. The van der Waals surface area contributed by atoms with E-state index in [-0.39, 0.29) is 12.5 Å². The minimum atomic E-state index is -0.442. The largest absolute Gasteiger partial charge is 0.452 e. The second-order valence-electron chi connectivity index (χ2n) is 5.32. The molecule has 3 heterocycles. The zero-order valence-corrected chi connectivity index (χ0v) is 15.7. The van der Waals surface area contributed by atoms with Gasteiger partial charge in [0.15, 0.2) is 6.61 Å². The highest BCUT2D eigenvalue weighted by Gasteiger charge is 2.13. The number of halogens is 1. The first kappa shape index (κ1) is 16.7. The van der Waals surface area contributed by atoms with Gasteiger partial charge in [-0.05, 0) is 64.5 Å². The van der Waals surface area contributed by atoms with Gasteiger partial charge in [0.1, 0.15) is 0 Å². The molecule has 0 fully saturated rings. The standard InChI is InChI=1S/C18H12BrN3O3S/c19-15-8-7-14(26-15)17-21-20-16(25-17)11-24-18(23)12-3-5-13(6-4-12)22-9-1-2-10-22/h1-10H,11H2. The Labute approximate surface area is 161 Å². The van der Waals surface area contributed by atoms with Crippen LogP contribution < -0.4 is 0 Å². The van der Waals surface area contributed by atoms with Gasteiger partial charge in [-0.2, -0.15) is 0 Å². The van der Waals surface area contributed by atoms with Crippen LogP contribution in [0.1, 0.15) is 16.2 Å². The number of hydrogen-bond donors (Lipinski definition) is 0. The number of benzene rings is 1. The van der Waals surface area contributed by atoms with Crippen LogP contribution in [0.5, 0.6) is 0 Å². The number of thiophene rings is 1. The van der Waals surface area contributed by atoms with Crippen LogP contribution in [-0.4, -0.2) is 20.7 Å². The second-order valence-corrected chi connectivity index (χ2v) is 7.78. The van der Waals surface area contributed by atoms with Crippen molar-refractivity contribution in [1.29, 1.82) is 0 Å². The predicted molar refractivity (Wildman–Crippen MR) is 100 cm³/mol. The van der Waals surface area contributed by atoms with Crippen molar-refractivity contribution < 1.29 is 13.9 Å². The third kappa shape index (κ3) is 3.61. The number of aromatic nitrogens is 3. The maximum Gasteiger partial charge on any atom is 0.338 e. The van der Waals surface area contributed by atoms with Crippen molar-refractivity contribution in [3.8, 4) is 16.5 Å². The number of carbonyl (C=O) groups excluding carboxylic acids is 1. The number of hydrogen-bond acceptors (Lipinski definition) is 6. The summed E-state index contributed by atoms with van der Waals surface area (Å²) < 4.78 is 13.7. The zero-order valence-electron chi connectivity index (χ0n) is 13.3. The van der Waals surface area contributed by atoms with Crippen LogP contribution >= 0.6 is 27.3 Å². The molecule has 130 valence electrons. The molecule has 0 amide bonds. The molecular formula is C18H12BrN3O3S. The highest BCUT2D eigenvalue weighted by molar-refractivity contribution is 9.11. The van der Waals surface area contributed by atoms with Gasteiger partial charge < -0.3 is 13.7 Å². The maximum atomic E-state index is 12.2. The van der Waals surface area contributed by atoms with Crippen LogP contribution in [0.2, 0.25) is 0 Å². The molecule has 0 aliphatic heterocycles. The molecule has 0 aliphatic carbocycles. The fourth-order valence-corrected chi connectivity index (χ4v) is 3.64. The van der Waals surface area contributed by atoms with Crippen LogP contribution in [0.3, 0.4) is 0 Å². The fourth-order valence-electron chi connectivity index (χ4n) is 2.33. The molecule has 0 bridgehead atoms. The molecule has 26 heavy (non-hydrogen) atoms. The summed E-state index contributed by atoms with van der Waals surface area (Å²) >= 11 is 4.87. The molecule has 0 atom stereocenters. The molecule has 0 saturated heterocycles. The minimum Gasteiger partial charge on any atom is -0.452 e. The maximum absolute atomic E-state index is 12.2. The Morgan fingerprint density at radius 2 is 1.88 bits per heavy atom. The van der Waals surface area contributed by atoms with Gasteiger partial charge in [-0.25, -0.2) is 4.79 Å². The van der Waals surface area contributed by atoms with Gasteiger partial charge >= 0.3 is 5.97 Å². The van der Waals surface area contributed by atoms with Gasteiger partial charge in [0.25, 0.3) is 11.8 Å². The lowest BCUT2D eigenvalue weighted by Crippen LogP contribution is -2.05. The van der Waals surface area contributed by atoms with Gasteiger partial charge in [-0.15, -0.1) is 21.5 Å².